The number of unbranched alkanes of at least 4 members (excludes halogenated alkanes) is 9. The lowest BCUT2D eigenvalue weighted by molar-refractivity contribution is 0.553. The average molecular weight is 421 g/mol. The number of rotatable bonds is 10. The van der Waals surface area contributed by atoms with E-state index in [4.69, 9.17) is 0 Å². The minimum absolute atomic E-state index is 0.0207. The van der Waals surface area contributed by atoms with Gasteiger partial charge in [-0.1, -0.05) is 119 Å². The Morgan fingerprint density at radius 1 is 0.625 bits per heavy atom. The number of alkyl halides is 3. The fourth-order valence-electron chi connectivity index (χ4n) is 1.81. The van der Waals surface area contributed by atoms with E-state index in [2.05, 4.69) is 54.7 Å². The molecule has 0 saturated carbocycles. The van der Waals surface area contributed by atoms with Gasteiger partial charge in [0, 0.05) is 0 Å². The Morgan fingerprint density at radius 2 is 1.00 bits per heavy atom. The van der Waals surface area contributed by atoms with Gasteiger partial charge in [-0.3, -0.25) is 0 Å². The van der Waals surface area contributed by atoms with E-state index in [9.17, 15) is 0 Å². The monoisotopic (exact) mass is 418 g/mol. The minimum Gasteiger partial charge on any atom is -0.0654 e. The summed E-state index contributed by atoms with van der Waals surface area (Å²) in [6.07, 6.45) is 15.2. The molecule has 0 aromatic carbocycles. The second kappa shape index (κ2) is 11.5. The van der Waals surface area contributed by atoms with Crippen LogP contribution in [0.1, 0.15) is 77.6 Å². The molecule has 0 radical (unpaired) electrons. The summed E-state index contributed by atoms with van der Waals surface area (Å²) >= 11 is 10.6. The Balaban J connectivity index is 2.99. The molecule has 0 spiro atoms. The average Bonchev–Trinajstić information content (AvgIpc) is 2.19. The highest BCUT2D eigenvalue weighted by molar-refractivity contribution is 9.39. The first kappa shape index (κ1) is 17.4. The predicted octanol–water partition coefficient (Wildman–Crippen LogP) is 7.14. The van der Waals surface area contributed by atoms with Crippen LogP contribution in [0.5, 0.6) is 0 Å². The minimum atomic E-state index is -0.0207. The highest BCUT2D eigenvalue weighted by atomic mass is 80.0. The molecule has 0 rings (SSSR count). The maximum Gasteiger partial charge on any atom is 0.135 e. The van der Waals surface area contributed by atoms with Gasteiger partial charge >= 0.3 is 0 Å². The standard InChI is InChI=1S/C13H25Br3/c1-2-3-4-5-6-7-8-9-10-11-12-13(14,15)16/h2-12H2,1H3. The Morgan fingerprint density at radius 3 is 1.38 bits per heavy atom. The van der Waals surface area contributed by atoms with Gasteiger partial charge in [-0.15, -0.1) is 0 Å². The van der Waals surface area contributed by atoms with Crippen LogP contribution in [0.2, 0.25) is 0 Å². The zero-order valence-electron chi connectivity index (χ0n) is 10.4. The van der Waals surface area contributed by atoms with E-state index in [0.29, 0.717) is 0 Å². The van der Waals surface area contributed by atoms with E-state index in [1.165, 1.54) is 64.2 Å². The SMILES string of the molecule is CCCCCCCCCCCCC(Br)(Br)Br. The summed E-state index contributed by atoms with van der Waals surface area (Å²) < 4.78 is -0.0207. The van der Waals surface area contributed by atoms with Crippen molar-refractivity contribution in [1.29, 1.82) is 0 Å². The van der Waals surface area contributed by atoms with E-state index in [1.54, 1.807) is 0 Å². The molecule has 3 heteroatoms. The van der Waals surface area contributed by atoms with Crippen molar-refractivity contribution < 1.29 is 0 Å². The lowest BCUT2D eigenvalue weighted by Crippen LogP contribution is -1.98. The van der Waals surface area contributed by atoms with E-state index in [0.717, 1.165) is 6.42 Å². The Kier molecular flexibility index (Phi) is 12.6. The number of halogens is 3. The quantitative estimate of drug-likeness (QED) is 0.260. The molecule has 0 atom stereocenters. The molecule has 0 aromatic rings. The van der Waals surface area contributed by atoms with Crippen LogP contribution in [-0.4, -0.2) is 2.14 Å². The van der Waals surface area contributed by atoms with Crippen LogP contribution in [-0.2, 0) is 0 Å². The fraction of sp³-hybridized carbons (Fsp3) is 1.00. The molecule has 0 amide bonds. The largest absolute Gasteiger partial charge is 0.135 e. The van der Waals surface area contributed by atoms with Crippen LogP contribution >= 0.6 is 47.8 Å². The molecule has 98 valence electrons. The highest BCUT2D eigenvalue weighted by Crippen LogP contribution is 2.38. The van der Waals surface area contributed by atoms with Gasteiger partial charge in [0.2, 0.25) is 0 Å². The first-order valence-corrected chi connectivity index (χ1v) is 9.01. The van der Waals surface area contributed by atoms with Crippen LogP contribution in [0.25, 0.3) is 0 Å². The molecule has 0 heterocycles. The van der Waals surface area contributed by atoms with Gasteiger partial charge in [0.25, 0.3) is 0 Å². The van der Waals surface area contributed by atoms with Crippen LogP contribution in [0.15, 0.2) is 0 Å². The third-order valence-electron chi connectivity index (χ3n) is 2.81. The van der Waals surface area contributed by atoms with Crippen molar-refractivity contribution in [3.05, 3.63) is 0 Å². The molecule has 0 aromatic heterocycles. The first-order chi connectivity index (χ1) is 7.56. The zero-order chi connectivity index (χ0) is 12.3. The Hall–Kier alpha value is 1.44. The van der Waals surface area contributed by atoms with E-state index in [1.807, 2.05) is 0 Å². The summed E-state index contributed by atoms with van der Waals surface area (Å²) in [6.45, 7) is 2.28. The van der Waals surface area contributed by atoms with Gasteiger partial charge in [-0.25, -0.2) is 0 Å². The summed E-state index contributed by atoms with van der Waals surface area (Å²) in [5.74, 6) is 0. The lowest BCUT2D eigenvalue weighted by atomic mass is 10.1. The van der Waals surface area contributed by atoms with Crippen molar-refractivity contribution in [3.8, 4) is 0 Å². The van der Waals surface area contributed by atoms with Crippen LogP contribution in [0.4, 0.5) is 0 Å². The van der Waals surface area contributed by atoms with E-state index in [-0.39, 0.29) is 2.14 Å². The van der Waals surface area contributed by atoms with Crippen molar-refractivity contribution in [2.75, 3.05) is 0 Å². The van der Waals surface area contributed by atoms with Gasteiger partial charge in [0.05, 0.1) is 0 Å². The van der Waals surface area contributed by atoms with Gasteiger partial charge in [0.15, 0.2) is 0 Å². The Labute approximate surface area is 127 Å². The zero-order valence-corrected chi connectivity index (χ0v) is 15.2. The maximum atomic E-state index is 3.53. The highest BCUT2D eigenvalue weighted by Gasteiger charge is 2.15. The predicted molar refractivity (Wildman–Crippen MR) is 86.0 cm³/mol. The van der Waals surface area contributed by atoms with Crippen molar-refractivity contribution >= 4 is 47.8 Å². The Bertz CT molecular complexity index is 141. The molecule has 0 bridgehead atoms. The molecule has 0 saturated heterocycles. The number of hydrogen-bond acceptors (Lipinski definition) is 0. The van der Waals surface area contributed by atoms with Crippen LogP contribution in [0.3, 0.4) is 0 Å². The molecule has 0 aliphatic carbocycles. The van der Waals surface area contributed by atoms with Crippen LogP contribution < -0.4 is 0 Å². The first-order valence-electron chi connectivity index (χ1n) is 6.63. The second-order valence-electron chi connectivity index (χ2n) is 4.55. The lowest BCUT2D eigenvalue weighted by Gasteiger charge is -2.10. The summed E-state index contributed by atoms with van der Waals surface area (Å²) in [5.41, 5.74) is 0. The topological polar surface area (TPSA) is 0 Å². The molecule has 0 N–H and O–H groups in total. The van der Waals surface area contributed by atoms with Gasteiger partial charge < -0.3 is 0 Å². The second-order valence-corrected chi connectivity index (χ2v) is 11.8. The van der Waals surface area contributed by atoms with Crippen LogP contribution in [0, 0.1) is 0 Å². The fourth-order valence-corrected chi connectivity index (χ4v) is 2.65. The third kappa shape index (κ3) is 15.4. The van der Waals surface area contributed by atoms with Gasteiger partial charge in [0.1, 0.15) is 2.14 Å². The molecule has 0 fully saturated rings. The molecule has 0 aliphatic heterocycles. The van der Waals surface area contributed by atoms with E-state index >= 15 is 0 Å². The van der Waals surface area contributed by atoms with E-state index < -0.39 is 0 Å². The van der Waals surface area contributed by atoms with Crippen molar-refractivity contribution in [1.82, 2.24) is 0 Å². The molecule has 0 aliphatic rings. The van der Waals surface area contributed by atoms with Crippen molar-refractivity contribution in [3.63, 3.8) is 0 Å². The normalized spacial score (nSPS) is 12.0. The van der Waals surface area contributed by atoms with Crippen molar-refractivity contribution in [2.45, 2.75) is 79.7 Å². The number of hydrogen-bond donors (Lipinski definition) is 0. The summed E-state index contributed by atoms with van der Waals surface area (Å²) in [7, 11) is 0. The van der Waals surface area contributed by atoms with Gasteiger partial charge in [-0.2, -0.15) is 0 Å². The smallest absolute Gasteiger partial charge is 0.0654 e. The molecule has 16 heavy (non-hydrogen) atoms. The molecule has 0 unspecified atom stereocenters. The molecule has 0 nitrogen and oxygen atoms in total. The summed E-state index contributed by atoms with van der Waals surface area (Å²) in [5, 5.41) is 0. The molecular weight excluding hydrogens is 396 g/mol. The summed E-state index contributed by atoms with van der Waals surface area (Å²) in [6, 6.07) is 0. The summed E-state index contributed by atoms with van der Waals surface area (Å²) in [4.78, 5) is 0. The maximum absolute atomic E-state index is 3.53. The van der Waals surface area contributed by atoms with Gasteiger partial charge in [-0.05, 0) is 6.42 Å². The third-order valence-corrected chi connectivity index (χ3v) is 4.00. The van der Waals surface area contributed by atoms with Crippen molar-refractivity contribution in [2.24, 2.45) is 0 Å². The molecular formula is C13H25Br3.